The molecule has 0 spiro atoms. The van der Waals surface area contributed by atoms with Gasteiger partial charge in [0.05, 0.1) is 12.7 Å². The zero-order valence-corrected chi connectivity index (χ0v) is 16.6. The van der Waals surface area contributed by atoms with Gasteiger partial charge in [0.15, 0.2) is 5.96 Å². The molecule has 0 saturated carbocycles. The number of nitrogens with one attached hydrogen (secondary N) is 2. The van der Waals surface area contributed by atoms with Gasteiger partial charge in [-0.1, -0.05) is 6.42 Å². The molecule has 0 amide bonds. The SMILES string of the molecule is CN=C(NCCCOC1CCOC1)NCCCc1nnc2n1CCCCC2. The minimum atomic E-state index is 0.287. The molecular weight excluding hydrogens is 344 g/mol. The summed E-state index contributed by atoms with van der Waals surface area (Å²) >= 11 is 0. The van der Waals surface area contributed by atoms with E-state index in [1.807, 2.05) is 0 Å². The van der Waals surface area contributed by atoms with Crippen LogP contribution >= 0.6 is 0 Å². The van der Waals surface area contributed by atoms with E-state index >= 15 is 0 Å². The molecule has 3 rings (SSSR count). The van der Waals surface area contributed by atoms with Crippen molar-refractivity contribution in [2.24, 2.45) is 4.99 Å². The smallest absolute Gasteiger partial charge is 0.190 e. The largest absolute Gasteiger partial charge is 0.379 e. The number of fused-ring (bicyclic) bond motifs is 1. The summed E-state index contributed by atoms with van der Waals surface area (Å²) in [5.74, 6) is 3.14. The van der Waals surface area contributed by atoms with Gasteiger partial charge in [-0.3, -0.25) is 4.99 Å². The molecule has 1 atom stereocenters. The number of hydrogen-bond donors (Lipinski definition) is 2. The van der Waals surface area contributed by atoms with Gasteiger partial charge in [0.2, 0.25) is 0 Å². The minimum absolute atomic E-state index is 0.287. The highest BCUT2D eigenvalue weighted by Crippen LogP contribution is 2.15. The quantitative estimate of drug-likeness (QED) is 0.383. The van der Waals surface area contributed by atoms with E-state index in [0.717, 1.165) is 83.3 Å². The van der Waals surface area contributed by atoms with Crippen LogP contribution in [0, 0.1) is 0 Å². The number of aromatic nitrogens is 3. The van der Waals surface area contributed by atoms with Crippen LogP contribution in [0.1, 0.15) is 50.2 Å². The fourth-order valence-electron chi connectivity index (χ4n) is 3.58. The molecule has 0 aromatic carbocycles. The van der Waals surface area contributed by atoms with Crippen molar-refractivity contribution in [3.8, 4) is 0 Å². The lowest BCUT2D eigenvalue weighted by atomic mass is 10.2. The molecule has 2 aliphatic heterocycles. The molecule has 1 saturated heterocycles. The topological polar surface area (TPSA) is 85.6 Å². The number of hydrogen-bond acceptors (Lipinski definition) is 5. The third-order valence-electron chi connectivity index (χ3n) is 5.13. The van der Waals surface area contributed by atoms with Gasteiger partial charge < -0.3 is 24.7 Å². The van der Waals surface area contributed by atoms with Crippen LogP contribution in [0.2, 0.25) is 0 Å². The Bertz CT molecular complexity index is 583. The third kappa shape index (κ3) is 6.46. The molecule has 2 N–H and O–H groups in total. The Morgan fingerprint density at radius 3 is 2.93 bits per heavy atom. The van der Waals surface area contributed by atoms with Crippen molar-refractivity contribution in [2.75, 3.05) is 40.0 Å². The molecule has 1 aromatic heterocycles. The zero-order chi connectivity index (χ0) is 18.7. The van der Waals surface area contributed by atoms with Gasteiger partial charge >= 0.3 is 0 Å². The molecule has 0 bridgehead atoms. The molecular formula is C19H34N6O2. The Morgan fingerprint density at radius 1 is 1.22 bits per heavy atom. The summed E-state index contributed by atoms with van der Waals surface area (Å²) in [6.45, 7) is 5.13. The Morgan fingerprint density at radius 2 is 2.11 bits per heavy atom. The van der Waals surface area contributed by atoms with E-state index < -0.39 is 0 Å². The number of guanidine groups is 1. The number of ether oxygens (including phenoxy) is 2. The van der Waals surface area contributed by atoms with Gasteiger partial charge in [0.1, 0.15) is 11.6 Å². The van der Waals surface area contributed by atoms with E-state index in [1.54, 1.807) is 7.05 Å². The highest BCUT2D eigenvalue weighted by molar-refractivity contribution is 5.79. The van der Waals surface area contributed by atoms with Gasteiger partial charge in [0.25, 0.3) is 0 Å². The van der Waals surface area contributed by atoms with E-state index in [0.29, 0.717) is 0 Å². The first-order chi connectivity index (χ1) is 13.4. The molecule has 8 nitrogen and oxygen atoms in total. The van der Waals surface area contributed by atoms with Crippen LogP contribution in [0.4, 0.5) is 0 Å². The van der Waals surface area contributed by atoms with E-state index in [-0.39, 0.29) is 6.10 Å². The second-order valence-corrected chi connectivity index (χ2v) is 7.23. The monoisotopic (exact) mass is 378 g/mol. The van der Waals surface area contributed by atoms with Crippen LogP contribution in [0.25, 0.3) is 0 Å². The van der Waals surface area contributed by atoms with Crippen LogP contribution < -0.4 is 10.6 Å². The van der Waals surface area contributed by atoms with Crippen molar-refractivity contribution < 1.29 is 9.47 Å². The van der Waals surface area contributed by atoms with Crippen molar-refractivity contribution in [1.29, 1.82) is 0 Å². The lowest BCUT2D eigenvalue weighted by Gasteiger charge is -2.13. The summed E-state index contributed by atoms with van der Waals surface area (Å²) < 4.78 is 13.4. The Hall–Kier alpha value is -1.67. The third-order valence-corrected chi connectivity index (χ3v) is 5.13. The fraction of sp³-hybridized carbons (Fsp3) is 0.842. The first kappa shape index (κ1) is 20.1. The lowest BCUT2D eigenvalue weighted by Crippen LogP contribution is -2.38. The summed E-state index contributed by atoms with van der Waals surface area (Å²) in [5, 5.41) is 15.5. The molecule has 1 fully saturated rings. The molecule has 1 unspecified atom stereocenters. The standard InChI is InChI=1S/C19H34N6O2/c1-20-19(22-11-6-13-27-16-9-14-26-15-16)21-10-5-8-18-24-23-17-7-3-2-4-12-25(17)18/h16H,2-15H2,1H3,(H2,20,21,22). The summed E-state index contributed by atoms with van der Waals surface area (Å²) in [7, 11) is 1.81. The molecule has 1 aromatic rings. The molecule has 2 aliphatic rings. The van der Waals surface area contributed by atoms with Gasteiger partial charge in [0, 0.05) is 52.7 Å². The van der Waals surface area contributed by atoms with Crippen molar-refractivity contribution >= 4 is 5.96 Å². The molecule has 8 heteroatoms. The summed E-state index contributed by atoms with van der Waals surface area (Å²) in [6.07, 6.45) is 9.08. The van der Waals surface area contributed by atoms with Crippen molar-refractivity contribution in [3.05, 3.63) is 11.6 Å². The molecule has 0 radical (unpaired) electrons. The van der Waals surface area contributed by atoms with E-state index in [2.05, 4.69) is 30.4 Å². The van der Waals surface area contributed by atoms with E-state index in [1.165, 1.54) is 25.1 Å². The van der Waals surface area contributed by atoms with Crippen molar-refractivity contribution in [2.45, 2.75) is 64.0 Å². The number of rotatable bonds is 9. The van der Waals surface area contributed by atoms with E-state index in [9.17, 15) is 0 Å². The second-order valence-electron chi connectivity index (χ2n) is 7.23. The Balaban J connectivity index is 1.27. The van der Waals surface area contributed by atoms with Gasteiger partial charge in [-0.15, -0.1) is 10.2 Å². The van der Waals surface area contributed by atoms with Crippen LogP contribution in [0.15, 0.2) is 4.99 Å². The van der Waals surface area contributed by atoms with Crippen LogP contribution in [-0.2, 0) is 28.9 Å². The van der Waals surface area contributed by atoms with Crippen LogP contribution in [-0.4, -0.2) is 66.8 Å². The molecule has 27 heavy (non-hydrogen) atoms. The molecule has 152 valence electrons. The number of aliphatic imine (C=N–C) groups is 1. The van der Waals surface area contributed by atoms with Gasteiger partial charge in [-0.05, 0) is 32.1 Å². The van der Waals surface area contributed by atoms with Gasteiger partial charge in [-0.25, -0.2) is 0 Å². The first-order valence-corrected chi connectivity index (χ1v) is 10.4. The van der Waals surface area contributed by atoms with Crippen LogP contribution in [0.3, 0.4) is 0 Å². The normalized spacial score (nSPS) is 20.3. The molecule has 0 aliphatic carbocycles. The molecule has 3 heterocycles. The second kappa shape index (κ2) is 11.2. The predicted molar refractivity (Wildman–Crippen MR) is 105 cm³/mol. The fourth-order valence-corrected chi connectivity index (χ4v) is 3.58. The lowest BCUT2D eigenvalue weighted by molar-refractivity contribution is 0.0420. The Labute approximate surface area is 162 Å². The zero-order valence-electron chi connectivity index (χ0n) is 16.6. The predicted octanol–water partition coefficient (Wildman–Crippen LogP) is 1.30. The summed E-state index contributed by atoms with van der Waals surface area (Å²) in [4.78, 5) is 4.28. The maximum atomic E-state index is 5.77. The maximum absolute atomic E-state index is 5.77. The average molecular weight is 379 g/mol. The van der Waals surface area contributed by atoms with Gasteiger partial charge in [-0.2, -0.15) is 0 Å². The van der Waals surface area contributed by atoms with Crippen LogP contribution in [0.5, 0.6) is 0 Å². The summed E-state index contributed by atoms with van der Waals surface area (Å²) in [6, 6.07) is 0. The highest BCUT2D eigenvalue weighted by atomic mass is 16.5. The first-order valence-electron chi connectivity index (χ1n) is 10.4. The van der Waals surface area contributed by atoms with E-state index in [4.69, 9.17) is 9.47 Å². The minimum Gasteiger partial charge on any atom is -0.379 e. The van der Waals surface area contributed by atoms with Crippen molar-refractivity contribution in [1.82, 2.24) is 25.4 Å². The Kier molecular flexibility index (Phi) is 8.35. The maximum Gasteiger partial charge on any atom is 0.190 e. The number of aryl methyl sites for hydroxylation is 2. The number of nitrogens with zero attached hydrogens (tertiary/aromatic N) is 4. The average Bonchev–Trinajstić information content (AvgIpc) is 3.27. The van der Waals surface area contributed by atoms with Crippen molar-refractivity contribution in [3.63, 3.8) is 0 Å². The summed E-state index contributed by atoms with van der Waals surface area (Å²) in [5.41, 5.74) is 0. The highest BCUT2D eigenvalue weighted by Gasteiger charge is 2.15.